The Morgan fingerprint density at radius 1 is 1.17 bits per heavy atom. The van der Waals surface area contributed by atoms with Crippen LogP contribution in [0.5, 0.6) is 0 Å². The first-order valence-corrected chi connectivity index (χ1v) is 9.54. The summed E-state index contributed by atoms with van der Waals surface area (Å²) < 4.78 is 5.31. The van der Waals surface area contributed by atoms with Crippen LogP contribution in [0.4, 0.5) is 5.69 Å². The van der Waals surface area contributed by atoms with Gasteiger partial charge in [-0.05, 0) is 23.6 Å². The molecule has 2 atom stereocenters. The molecule has 1 aliphatic heterocycles. The Morgan fingerprint density at radius 3 is 2.66 bits per heavy atom. The minimum atomic E-state index is -1.28. The SMILES string of the molecule is O=C1C(=O)N(Cc2ccco2)C(c2cccs2)C1C(=O)c1cccc([N+](=O)[O-])c1. The fourth-order valence-corrected chi connectivity index (χ4v) is 4.33. The number of nitrogens with zero attached hydrogens (tertiary/aromatic N) is 2. The molecule has 0 aliphatic carbocycles. The number of likely N-dealkylation sites (tertiary alicyclic amines) is 1. The average Bonchev–Trinajstić information content (AvgIpc) is 3.46. The lowest BCUT2D eigenvalue weighted by atomic mass is 9.89. The summed E-state index contributed by atoms with van der Waals surface area (Å²) in [4.78, 5) is 51.2. The van der Waals surface area contributed by atoms with Crippen molar-refractivity contribution < 1.29 is 23.7 Å². The lowest BCUT2D eigenvalue weighted by Gasteiger charge is -2.25. The van der Waals surface area contributed by atoms with Gasteiger partial charge in [0, 0.05) is 22.6 Å². The van der Waals surface area contributed by atoms with Crippen LogP contribution in [0, 0.1) is 16.0 Å². The summed E-state index contributed by atoms with van der Waals surface area (Å²) in [7, 11) is 0. The highest BCUT2D eigenvalue weighted by atomic mass is 32.1. The van der Waals surface area contributed by atoms with E-state index in [1.54, 1.807) is 29.6 Å². The third kappa shape index (κ3) is 3.36. The molecule has 3 aromatic rings. The number of benzene rings is 1. The first-order valence-electron chi connectivity index (χ1n) is 8.66. The first kappa shape index (κ1) is 18.8. The van der Waals surface area contributed by atoms with Gasteiger partial charge in [-0.3, -0.25) is 24.5 Å². The topological polar surface area (TPSA) is 111 Å². The van der Waals surface area contributed by atoms with E-state index in [1.807, 2.05) is 0 Å². The molecular weight excluding hydrogens is 396 g/mol. The number of thiophene rings is 1. The Morgan fingerprint density at radius 2 is 2.00 bits per heavy atom. The maximum atomic E-state index is 13.2. The van der Waals surface area contributed by atoms with E-state index in [-0.39, 0.29) is 17.8 Å². The van der Waals surface area contributed by atoms with Gasteiger partial charge in [-0.25, -0.2) is 0 Å². The number of hydrogen-bond acceptors (Lipinski definition) is 7. The summed E-state index contributed by atoms with van der Waals surface area (Å²) in [5.74, 6) is -3.02. The van der Waals surface area contributed by atoms with E-state index in [0.29, 0.717) is 10.6 Å². The van der Waals surface area contributed by atoms with Crippen molar-refractivity contribution in [2.75, 3.05) is 0 Å². The second-order valence-electron chi connectivity index (χ2n) is 6.49. The van der Waals surface area contributed by atoms with Crippen molar-refractivity contribution in [1.82, 2.24) is 4.90 Å². The van der Waals surface area contributed by atoms with Crippen LogP contribution in [0.15, 0.2) is 64.6 Å². The third-order valence-corrected chi connectivity index (χ3v) is 5.71. The number of furan rings is 1. The third-order valence-electron chi connectivity index (χ3n) is 4.77. The lowest BCUT2D eigenvalue weighted by molar-refractivity contribution is -0.384. The molecular formula is C20H14N2O6S. The molecule has 0 bridgehead atoms. The van der Waals surface area contributed by atoms with Crippen molar-refractivity contribution >= 4 is 34.5 Å². The van der Waals surface area contributed by atoms with Gasteiger partial charge in [-0.15, -0.1) is 11.3 Å². The van der Waals surface area contributed by atoms with E-state index in [0.717, 1.165) is 6.07 Å². The highest BCUT2D eigenvalue weighted by molar-refractivity contribution is 7.10. The van der Waals surface area contributed by atoms with E-state index in [1.165, 1.54) is 40.7 Å². The molecule has 0 radical (unpaired) electrons. The van der Waals surface area contributed by atoms with E-state index in [2.05, 4.69) is 0 Å². The molecule has 2 unspecified atom stereocenters. The molecule has 1 aliphatic rings. The van der Waals surface area contributed by atoms with Crippen molar-refractivity contribution in [2.45, 2.75) is 12.6 Å². The quantitative estimate of drug-likeness (QED) is 0.202. The Labute approximate surface area is 168 Å². The second-order valence-corrected chi connectivity index (χ2v) is 7.47. The predicted octanol–water partition coefficient (Wildman–Crippen LogP) is 3.40. The van der Waals surface area contributed by atoms with Crippen molar-refractivity contribution in [3.05, 3.63) is 86.5 Å². The number of carbonyl (C=O) groups is 3. The summed E-state index contributed by atoms with van der Waals surface area (Å²) in [5, 5.41) is 12.8. The number of hydrogen-bond donors (Lipinski definition) is 0. The molecule has 146 valence electrons. The molecule has 8 nitrogen and oxygen atoms in total. The first-order chi connectivity index (χ1) is 14.0. The largest absolute Gasteiger partial charge is 0.467 e. The average molecular weight is 410 g/mol. The van der Waals surface area contributed by atoms with Gasteiger partial charge in [0.15, 0.2) is 5.78 Å². The van der Waals surface area contributed by atoms with Crippen LogP contribution in [0.1, 0.15) is 27.0 Å². The minimum absolute atomic E-state index is 0.0201. The molecule has 0 spiro atoms. The van der Waals surface area contributed by atoms with Gasteiger partial charge in [0.05, 0.1) is 23.8 Å². The van der Waals surface area contributed by atoms with Gasteiger partial charge in [0.2, 0.25) is 5.78 Å². The molecule has 1 saturated heterocycles. The Kier molecular flexibility index (Phi) is 4.81. The molecule has 0 saturated carbocycles. The zero-order valence-electron chi connectivity index (χ0n) is 14.9. The number of amides is 1. The molecule has 1 amide bonds. The zero-order chi connectivity index (χ0) is 20.5. The van der Waals surface area contributed by atoms with E-state index >= 15 is 0 Å². The highest BCUT2D eigenvalue weighted by Crippen LogP contribution is 2.41. The van der Waals surface area contributed by atoms with E-state index in [9.17, 15) is 24.5 Å². The number of carbonyl (C=O) groups excluding carboxylic acids is 3. The number of ketones is 2. The molecule has 2 aromatic heterocycles. The van der Waals surface area contributed by atoms with Crippen LogP contribution in [0.2, 0.25) is 0 Å². The van der Waals surface area contributed by atoms with Crippen molar-refractivity contribution in [3.8, 4) is 0 Å². The number of nitro groups is 1. The summed E-state index contributed by atoms with van der Waals surface area (Å²) in [6.07, 6.45) is 1.46. The number of rotatable bonds is 6. The second kappa shape index (κ2) is 7.44. The zero-order valence-corrected chi connectivity index (χ0v) is 15.7. The summed E-state index contributed by atoms with van der Waals surface area (Å²) in [5.41, 5.74) is -0.237. The Balaban J connectivity index is 1.75. The molecule has 29 heavy (non-hydrogen) atoms. The van der Waals surface area contributed by atoms with Crippen LogP contribution in [0.3, 0.4) is 0 Å². The van der Waals surface area contributed by atoms with Crippen molar-refractivity contribution in [3.63, 3.8) is 0 Å². The smallest absolute Gasteiger partial charge is 0.291 e. The standard InChI is InChI=1S/C20H14N2O6S/c23-18(12-4-1-5-13(10-12)22(26)27)16-17(15-7-3-9-29-15)21(20(25)19(16)24)11-14-6-2-8-28-14/h1-10,16-17H,11H2. The van der Waals surface area contributed by atoms with Crippen molar-refractivity contribution in [1.29, 1.82) is 0 Å². The maximum Gasteiger partial charge on any atom is 0.291 e. The number of nitro benzene ring substituents is 1. The number of Topliss-reactive ketones (excluding diaryl/α,β-unsaturated/α-hetero) is 2. The predicted molar refractivity (Wildman–Crippen MR) is 102 cm³/mol. The van der Waals surface area contributed by atoms with Gasteiger partial charge in [-0.2, -0.15) is 0 Å². The minimum Gasteiger partial charge on any atom is -0.467 e. The Bertz CT molecular complexity index is 1090. The molecule has 4 rings (SSSR count). The number of non-ortho nitro benzene ring substituents is 1. The van der Waals surface area contributed by atoms with Crippen LogP contribution in [-0.2, 0) is 16.1 Å². The fraction of sp³-hybridized carbons (Fsp3) is 0.150. The van der Waals surface area contributed by atoms with Gasteiger partial charge < -0.3 is 9.32 Å². The van der Waals surface area contributed by atoms with Gasteiger partial charge in [0.25, 0.3) is 11.6 Å². The maximum absolute atomic E-state index is 13.2. The monoisotopic (exact) mass is 410 g/mol. The van der Waals surface area contributed by atoms with Crippen LogP contribution in [0.25, 0.3) is 0 Å². The van der Waals surface area contributed by atoms with Crippen LogP contribution >= 0.6 is 11.3 Å². The Hall–Kier alpha value is -3.59. The molecule has 9 heteroatoms. The molecule has 3 heterocycles. The highest BCUT2D eigenvalue weighted by Gasteiger charge is 2.52. The molecule has 1 fully saturated rings. The van der Waals surface area contributed by atoms with Crippen LogP contribution < -0.4 is 0 Å². The lowest BCUT2D eigenvalue weighted by Crippen LogP contribution is -2.29. The van der Waals surface area contributed by atoms with Crippen LogP contribution in [-0.4, -0.2) is 27.3 Å². The summed E-state index contributed by atoms with van der Waals surface area (Å²) in [6.45, 7) is 0.0405. The summed E-state index contributed by atoms with van der Waals surface area (Å²) in [6, 6.07) is 11.3. The van der Waals surface area contributed by atoms with Gasteiger partial charge in [-0.1, -0.05) is 18.2 Å². The van der Waals surface area contributed by atoms with Gasteiger partial charge in [0.1, 0.15) is 11.7 Å². The summed E-state index contributed by atoms with van der Waals surface area (Å²) >= 11 is 1.33. The van der Waals surface area contributed by atoms with E-state index < -0.39 is 34.4 Å². The van der Waals surface area contributed by atoms with E-state index in [4.69, 9.17) is 4.42 Å². The molecule has 1 aromatic carbocycles. The van der Waals surface area contributed by atoms with Crippen molar-refractivity contribution in [2.24, 2.45) is 5.92 Å². The molecule has 0 N–H and O–H groups in total. The fourth-order valence-electron chi connectivity index (χ4n) is 3.46. The van der Waals surface area contributed by atoms with Gasteiger partial charge >= 0.3 is 0 Å². The normalized spacial score (nSPS) is 19.0.